The Labute approximate surface area is 125 Å². The van der Waals surface area contributed by atoms with Gasteiger partial charge >= 0.3 is 5.97 Å². The molecular formula is C14H12FN5O2. The molecule has 3 rings (SSSR count). The van der Waals surface area contributed by atoms with E-state index >= 15 is 0 Å². The van der Waals surface area contributed by atoms with Crippen molar-refractivity contribution in [2.45, 2.75) is 6.54 Å². The molecule has 0 atom stereocenters. The van der Waals surface area contributed by atoms with Crippen LogP contribution in [0.5, 0.6) is 0 Å². The summed E-state index contributed by atoms with van der Waals surface area (Å²) in [5, 5.41) is 8.37. The third-order valence-electron chi connectivity index (χ3n) is 2.96. The summed E-state index contributed by atoms with van der Waals surface area (Å²) in [5.74, 6) is -0.884. The fraction of sp³-hybridized carbons (Fsp3) is 0.143. The Morgan fingerprint density at radius 1 is 1.23 bits per heavy atom. The molecule has 0 bridgehead atoms. The summed E-state index contributed by atoms with van der Waals surface area (Å²) < 4.78 is 20.6. The van der Waals surface area contributed by atoms with E-state index in [2.05, 4.69) is 19.9 Å². The van der Waals surface area contributed by atoms with Crippen molar-refractivity contribution >= 4 is 5.97 Å². The molecule has 8 heteroatoms. The molecule has 0 aliphatic rings. The van der Waals surface area contributed by atoms with E-state index in [0.717, 1.165) is 11.4 Å². The SMILES string of the molecule is COC(=O)c1ncn(Cc2ccn(-c3ccc(F)cc3)n2)n1. The summed E-state index contributed by atoms with van der Waals surface area (Å²) in [6.45, 7) is 0.359. The number of esters is 1. The Bertz CT molecular complexity index is 794. The summed E-state index contributed by atoms with van der Waals surface area (Å²) in [7, 11) is 1.27. The van der Waals surface area contributed by atoms with E-state index in [1.165, 1.54) is 30.3 Å². The summed E-state index contributed by atoms with van der Waals surface area (Å²) in [5.41, 5.74) is 1.48. The molecule has 0 N–H and O–H groups in total. The van der Waals surface area contributed by atoms with Crippen LogP contribution in [0.4, 0.5) is 4.39 Å². The van der Waals surface area contributed by atoms with Crippen LogP contribution in [0.3, 0.4) is 0 Å². The second-order valence-electron chi connectivity index (χ2n) is 4.49. The zero-order valence-electron chi connectivity index (χ0n) is 11.7. The van der Waals surface area contributed by atoms with Gasteiger partial charge in [-0.2, -0.15) is 5.10 Å². The number of carbonyl (C=O) groups excluding carboxylic acids is 1. The van der Waals surface area contributed by atoms with Crippen LogP contribution in [0.25, 0.3) is 5.69 Å². The van der Waals surface area contributed by atoms with Crippen LogP contribution in [0.2, 0.25) is 0 Å². The first kappa shape index (κ1) is 13.9. The van der Waals surface area contributed by atoms with E-state index in [0.29, 0.717) is 6.54 Å². The molecule has 22 heavy (non-hydrogen) atoms. The highest BCUT2D eigenvalue weighted by molar-refractivity contribution is 5.84. The van der Waals surface area contributed by atoms with Gasteiger partial charge in [-0.25, -0.2) is 23.5 Å². The highest BCUT2D eigenvalue weighted by atomic mass is 19.1. The molecule has 2 heterocycles. The Morgan fingerprint density at radius 3 is 2.73 bits per heavy atom. The average Bonchev–Trinajstić information content (AvgIpc) is 3.17. The maximum absolute atomic E-state index is 12.9. The van der Waals surface area contributed by atoms with Crippen molar-refractivity contribution in [3.05, 3.63) is 60.2 Å². The topological polar surface area (TPSA) is 74.8 Å². The van der Waals surface area contributed by atoms with Gasteiger partial charge in [0.05, 0.1) is 25.0 Å². The van der Waals surface area contributed by atoms with Gasteiger partial charge < -0.3 is 4.74 Å². The van der Waals surface area contributed by atoms with Gasteiger partial charge in [-0.1, -0.05) is 0 Å². The summed E-state index contributed by atoms with van der Waals surface area (Å²) in [4.78, 5) is 15.1. The quantitative estimate of drug-likeness (QED) is 0.682. The molecule has 7 nitrogen and oxygen atoms in total. The van der Waals surface area contributed by atoms with Crippen molar-refractivity contribution in [3.8, 4) is 5.69 Å². The molecule has 0 saturated heterocycles. The average molecular weight is 301 g/mol. The molecule has 0 radical (unpaired) electrons. The number of benzene rings is 1. The molecule has 0 aliphatic heterocycles. The lowest BCUT2D eigenvalue weighted by Crippen LogP contribution is -2.07. The Balaban J connectivity index is 1.75. The summed E-state index contributed by atoms with van der Waals surface area (Å²) in [6, 6.07) is 7.82. The van der Waals surface area contributed by atoms with Crippen LogP contribution in [0.15, 0.2) is 42.9 Å². The number of ether oxygens (including phenoxy) is 1. The van der Waals surface area contributed by atoms with E-state index < -0.39 is 5.97 Å². The molecule has 0 fully saturated rings. The molecule has 0 amide bonds. The lowest BCUT2D eigenvalue weighted by molar-refractivity contribution is 0.0586. The number of hydrogen-bond acceptors (Lipinski definition) is 5. The number of aromatic nitrogens is 5. The lowest BCUT2D eigenvalue weighted by Gasteiger charge is -2.00. The molecular weight excluding hydrogens is 289 g/mol. The van der Waals surface area contributed by atoms with Crippen molar-refractivity contribution < 1.29 is 13.9 Å². The fourth-order valence-corrected chi connectivity index (χ4v) is 1.91. The van der Waals surface area contributed by atoms with Crippen LogP contribution >= 0.6 is 0 Å². The molecule has 0 aliphatic carbocycles. The number of nitrogens with zero attached hydrogens (tertiary/aromatic N) is 5. The van der Waals surface area contributed by atoms with Crippen molar-refractivity contribution in [1.29, 1.82) is 0 Å². The Hall–Kier alpha value is -3.03. The Morgan fingerprint density at radius 2 is 2.00 bits per heavy atom. The van der Waals surface area contributed by atoms with Gasteiger partial charge in [-0.15, -0.1) is 5.10 Å². The molecule has 0 spiro atoms. The van der Waals surface area contributed by atoms with Crippen LogP contribution in [0, 0.1) is 5.82 Å². The number of hydrogen-bond donors (Lipinski definition) is 0. The van der Waals surface area contributed by atoms with Gasteiger partial charge in [0.1, 0.15) is 12.1 Å². The number of methoxy groups -OCH3 is 1. The molecule has 3 aromatic rings. The van der Waals surface area contributed by atoms with E-state index in [-0.39, 0.29) is 11.6 Å². The number of carbonyl (C=O) groups is 1. The fourth-order valence-electron chi connectivity index (χ4n) is 1.91. The van der Waals surface area contributed by atoms with E-state index in [1.54, 1.807) is 23.0 Å². The van der Waals surface area contributed by atoms with Crippen molar-refractivity contribution in [3.63, 3.8) is 0 Å². The van der Waals surface area contributed by atoms with Gasteiger partial charge in [0.25, 0.3) is 5.82 Å². The first-order chi connectivity index (χ1) is 10.7. The van der Waals surface area contributed by atoms with Crippen LogP contribution in [-0.4, -0.2) is 37.6 Å². The molecule has 1 aromatic carbocycles. The van der Waals surface area contributed by atoms with E-state index in [9.17, 15) is 9.18 Å². The minimum Gasteiger partial charge on any atom is -0.463 e. The second-order valence-corrected chi connectivity index (χ2v) is 4.49. The maximum atomic E-state index is 12.9. The summed E-state index contributed by atoms with van der Waals surface area (Å²) >= 11 is 0. The zero-order chi connectivity index (χ0) is 15.5. The van der Waals surface area contributed by atoms with Crippen molar-refractivity contribution in [1.82, 2.24) is 24.5 Å². The standard InChI is InChI=1S/C14H12FN5O2/c1-22-14(21)13-16-9-19(18-13)8-11-6-7-20(17-11)12-4-2-10(15)3-5-12/h2-7,9H,8H2,1H3. The van der Waals surface area contributed by atoms with Crippen LogP contribution < -0.4 is 0 Å². The minimum absolute atomic E-state index is 0.000433. The first-order valence-corrected chi connectivity index (χ1v) is 6.44. The molecule has 0 saturated carbocycles. The van der Waals surface area contributed by atoms with E-state index in [1.807, 2.05) is 6.07 Å². The molecule has 0 unspecified atom stereocenters. The van der Waals surface area contributed by atoms with Crippen LogP contribution in [0.1, 0.15) is 16.3 Å². The highest BCUT2D eigenvalue weighted by Gasteiger charge is 2.12. The zero-order valence-corrected chi connectivity index (χ0v) is 11.7. The number of halogens is 1. The van der Waals surface area contributed by atoms with Crippen LogP contribution in [-0.2, 0) is 11.3 Å². The maximum Gasteiger partial charge on any atom is 0.377 e. The smallest absolute Gasteiger partial charge is 0.377 e. The Kier molecular flexibility index (Phi) is 3.65. The van der Waals surface area contributed by atoms with Gasteiger partial charge in [-0.3, -0.25) is 0 Å². The van der Waals surface area contributed by atoms with E-state index in [4.69, 9.17) is 0 Å². The number of rotatable bonds is 4. The lowest BCUT2D eigenvalue weighted by atomic mass is 10.3. The molecule has 2 aromatic heterocycles. The largest absolute Gasteiger partial charge is 0.463 e. The normalized spacial score (nSPS) is 10.6. The van der Waals surface area contributed by atoms with Crippen molar-refractivity contribution in [2.75, 3.05) is 7.11 Å². The predicted octanol–water partition coefficient (Wildman–Crippen LogP) is 1.44. The highest BCUT2D eigenvalue weighted by Crippen LogP contribution is 2.09. The first-order valence-electron chi connectivity index (χ1n) is 6.44. The third-order valence-corrected chi connectivity index (χ3v) is 2.96. The van der Waals surface area contributed by atoms with Gasteiger partial charge in [0.15, 0.2) is 0 Å². The third kappa shape index (κ3) is 2.85. The predicted molar refractivity (Wildman–Crippen MR) is 74.0 cm³/mol. The monoisotopic (exact) mass is 301 g/mol. The van der Waals surface area contributed by atoms with Gasteiger partial charge in [0, 0.05) is 6.20 Å². The molecule has 112 valence electrons. The summed E-state index contributed by atoms with van der Waals surface area (Å²) in [6.07, 6.45) is 3.20. The van der Waals surface area contributed by atoms with Gasteiger partial charge in [-0.05, 0) is 30.3 Å². The minimum atomic E-state index is -0.587. The second kappa shape index (κ2) is 5.76. The van der Waals surface area contributed by atoms with Gasteiger partial charge in [0.2, 0.25) is 0 Å². The van der Waals surface area contributed by atoms with Crippen molar-refractivity contribution in [2.24, 2.45) is 0 Å².